The molecule has 2 heterocycles. The van der Waals surface area contributed by atoms with Crippen LogP contribution < -0.4 is 0 Å². The number of aromatic nitrogens is 2. The molecule has 0 aromatic carbocycles. The molecular weight excluding hydrogens is 210 g/mol. The monoisotopic (exact) mass is 237 g/mol. The van der Waals surface area contributed by atoms with Crippen LogP contribution in [0.4, 0.5) is 0 Å². The summed E-state index contributed by atoms with van der Waals surface area (Å²) in [7, 11) is 0. The molecule has 98 valence electrons. The molecular formula is C14H27N3. The fourth-order valence-corrected chi connectivity index (χ4v) is 2.40. The van der Waals surface area contributed by atoms with Crippen molar-refractivity contribution >= 4 is 0 Å². The highest BCUT2D eigenvalue weighted by atomic mass is 15.2. The van der Waals surface area contributed by atoms with E-state index in [9.17, 15) is 0 Å². The molecule has 0 spiro atoms. The van der Waals surface area contributed by atoms with Crippen molar-refractivity contribution in [2.24, 2.45) is 0 Å². The zero-order valence-electron chi connectivity index (χ0n) is 12.0. The van der Waals surface area contributed by atoms with E-state index in [1.54, 1.807) is 0 Å². The lowest BCUT2D eigenvalue weighted by atomic mass is 9.77. The maximum atomic E-state index is 4.06. The third kappa shape index (κ3) is 3.32. The third-order valence-electron chi connectivity index (χ3n) is 3.78. The topological polar surface area (TPSA) is 31.9 Å². The van der Waals surface area contributed by atoms with Crippen LogP contribution in [0.25, 0.3) is 0 Å². The number of piperidine rings is 1. The van der Waals surface area contributed by atoms with Crippen molar-refractivity contribution in [2.75, 3.05) is 13.1 Å². The van der Waals surface area contributed by atoms with Crippen LogP contribution in [-0.2, 0) is 5.41 Å². The highest BCUT2D eigenvalue weighted by Crippen LogP contribution is 2.33. The van der Waals surface area contributed by atoms with Gasteiger partial charge in [0.2, 0.25) is 0 Å². The van der Waals surface area contributed by atoms with Crippen LogP contribution in [0.15, 0.2) is 12.3 Å². The second-order valence-electron chi connectivity index (χ2n) is 5.16. The van der Waals surface area contributed by atoms with Crippen molar-refractivity contribution in [3.05, 3.63) is 18.0 Å². The van der Waals surface area contributed by atoms with Crippen LogP contribution in [0.3, 0.4) is 0 Å². The minimum Gasteiger partial charge on any atom is -0.301 e. The lowest BCUT2D eigenvalue weighted by molar-refractivity contribution is 0.135. The minimum atomic E-state index is 0.307. The Morgan fingerprint density at radius 1 is 1.29 bits per heavy atom. The normalized spacial score (nSPS) is 19.9. The molecule has 1 aromatic heterocycles. The largest absolute Gasteiger partial charge is 0.301 e. The van der Waals surface area contributed by atoms with E-state index in [2.05, 4.69) is 41.9 Å². The summed E-state index contributed by atoms with van der Waals surface area (Å²) in [6, 6.07) is 2.79. The van der Waals surface area contributed by atoms with Gasteiger partial charge in [0, 0.05) is 23.3 Å². The average molecular weight is 237 g/mol. The van der Waals surface area contributed by atoms with Gasteiger partial charge in [0.15, 0.2) is 0 Å². The Hall–Kier alpha value is -0.830. The quantitative estimate of drug-likeness (QED) is 0.856. The first-order valence-corrected chi connectivity index (χ1v) is 6.86. The summed E-state index contributed by atoms with van der Waals surface area (Å²) in [5.74, 6) is 0. The van der Waals surface area contributed by atoms with Crippen molar-refractivity contribution in [1.29, 1.82) is 0 Å². The first-order chi connectivity index (χ1) is 8.12. The maximum Gasteiger partial charge on any atom is 0.0490 e. The van der Waals surface area contributed by atoms with Gasteiger partial charge in [-0.2, -0.15) is 5.10 Å². The van der Waals surface area contributed by atoms with Crippen LogP contribution in [0.2, 0.25) is 0 Å². The van der Waals surface area contributed by atoms with Crippen LogP contribution >= 0.6 is 0 Å². The summed E-state index contributed by atoms with van der Waals surface area (Å²) in [6.07, 6.45) is 4.32. The molecule has 1 aliphatic heterocycles. The molecule has 0 radical (unpaired) electrons. The fourth-order valence-electron chi connectivity index (χ4n) is 2.40. The number of nitrogens with one attached hydrogen (secondary N) is 1. The summed E-state index contributed by atoms with van der Waals surface area (Å²) >= 11 is 0. The van der Waals surface area contributed by atoms with Gasteiger partial charge in [-0.15, -0.1) is 0 Å². The number of hydrogen-bond donors (Lipinski definition) is 1. The van der Waals surface area contributed by atoms with Gasteiger partial charge in [0.1, 0.15) is 0 Å². The van der Waals surface area contributed by atoms with Crippen LogP contribution in [0.1, 0.15) is 53.2 Å². The van der Waals surface area contributed by atoms with E-state index in [4.69, 9.17) is 0 Å². The maximum absolute atomic E-state index is 4.06. The number of likely N-dealkylation sites (tertiary alicyclic amines) is 1. The van der Waals surface area contributed by atoms with E-state index in [0.717, 1.165) is 0 Å². The molecule has 1 aliphatic rings. The minimum absolute atomic E-state index is 0.307. The van der Waals surface area contributed by atoms with E-state index >= 15 is 0 Å². The second-order valence-corrected chi connectivity index (χ2v) is 5.16. The molecule has 0 aliphatic carbocycles. The van der Waals surface area contributed by atoms with E-state index < -0.39 is 0 Å². The Balaban J connectivity index is 0.000000686. The van der Waals surface area contributed by atoms with Gasteiger partial charge in [0.25, 0.3) is 0 Å². The molecule has 1 saturated heterocycles. The lowest BCUT2D eigenvalue weighted by Gasteiger charge is -2.40. The number of aromatic amines is 1. The van der Waals surface area contributed by atoms with E-state index in [1.807, 2.05) is 20.0 Å². The molecule has 2 rings (SSSR count). The Bertz CT molecular complexity index is 295. The number of H-pyrrole nitrogens is 1. The van der Waals surface area contributed by atoms with Gasteiger partial charge < -0.3 is 4.90 Å². The Labute approximate surface area is 106 Å². The number of nitrogens with zero attached hydrogens (tertiary/aromatic N) is 2. The van der Waals surface area contributed by atoms with Crippen molar-refractivity contribution in [3.8, 4) is 0 Å². The molecule has 0 atom stereocenters. The molecule has 0 saturated carbocycles. The molecule has 1 aromatic rings. The molecule has 1 N–H and O–H groups in total. The van der Waals surface area contributed by atoms with Gasteiger partial charge in [-0.3, -0.25) is 5.10 Å². The number of hydrogen-bond acceptors (Lipinski definition) is 2. The summed E-state index contributed by atoms with van der Waals surface area (Å²) in [5.41, 5.74) is 1.60. The highest BCUT2D eigenvalue weighted by Gasteiger charge is 2.33. The lowest BCUT2D eigenvalue weighted by Crippen LogP contribution is -2.44. The first-order valence-electron chi connectivity index (χ1n) is 6.86. The van der Waals surface area contributed by atoms with Crippen LogP contribution in [0, 0.1) is 0 Å². The molecule has 0 unspecified atom stereocenters. The average Bonchev–Trinajstić information content (AvgIpc) is 2.86. The van der Waals surface area contributed by atoms with E-state index in [1.165, 1.54) is 31.6 Å². The van der Waals surface area contributed by atoms with Gasteiger partial charge in [-0.05, 0) is 45.8 Å². The van der Waals surface area contributed by atoms with Crippen LogP contribution in [-0.4, -0.2) is 34.2 Å². The van der Waals surface area contributed by atoms with Gasteiger partial charge in [0.05, 0.1) is 0 Å². The van der Waals surface area contributed by atoms with Gasteiger partial charge in [-0.25, -0.2) is 0 Å². The molecule has 0 bridgehead atoms. The molecule has 0 amide bonds. The predicted molar refractivity (Wildman–Crippen MR) is 73.2 cm³/mol. The van der Waals surface area contributed by atoms with Crippen LogP contribution in [0.5, 0.6) is 0 Å². The summed E-state index contributed by atoms with van der Waals surface area (Å²) in [5, 5.41) is 7.18. The van der Waals surface area contributed by atoms with Crippen molar-refractivity contribution in [3.63, 3.8) is 0 Å². The summed E-state index contributed by atoms with van der Waals surface area (Å²) < 4.78 is 0. The first kappa shape index (κ1) is 14.2. The Kier molecular flexibility index (Phi) is 5.19. The molecule has 1 fully saturated rings. The molecule has 3 nitrogen and oxygen atoms in total. The fraction of sp³-hybridized carbons (Fsp3) is 0.786. The Morgan fingerprint density at radius 3 is 2.29 bits per heavy atom. The van der Waals surface area contributed by atoms with E-state index in [-0.39, 0.29) is 0 Å². The standard InChI is InChI=1S/C12H21N3.C2H6/c1-10(2)15-8-5-12(3,6-9-15)11-4-7-13-14-11;1-2/h4,7,10H,5-6,8-9H2,1-3H3,(H,13,14);1-2H3. The number of rotatable bonds is 2. The molecule has 17 heavy (non-hydrogen) atoms. The van der Waals surface area contributed by atoms with Crippen molar-refractivity contribution < 1.29 is 0 Å². The van der Waals surface area contributed by atoms with Gasteiger partial charge >= 0.3 is 0 Å². The SMILES string of the molecule is CC.CC(C)N1CCC(C)(c2ccn[nH]2)CC1. The smallest absolute Gasteiger partial charge is 0.0490 e. The van der Waals surface area contributed by atoms with Crippen molar-refractivity contribution in [1.82, 2.24) is 15.1 Å². The van der Waals surface area contributed by atoms with Crippen molar-refractivity contribution in [2.45, 2.75) is 58.9 Å². The highest BCUT2D eigenvalue weighted by molar-refractivity contribution is 5.14. The Morgan fingerprint density at radius 2 is 1.88 bits per heavy atom. The summed E-state index contributed by atoms with van der Waals surface area (Å²) in [4.78, 5) is 2.55. The summed E-state index contributed by atoms with van der Waals surface area (Å²) in [6.45, 7) is 13.3. The second kappa shape index (κ2) is 6.20. The van der Waals surface area contributed by atoms with E-state index in [0.29, 0.717) is 11.5 Å². The zero-order chi connectivity index (χ0) is 12.9. The predicted octanol–water partition coefficient (Wildman–Crippen LogP) is 3.20. The zero-order valence-corrected chi connectivity index (χ0v) is 12.0. The third-order valence-corrected chi connectivity index (χ3v) is 3.78. The molecule has 3 heteroatoms. The van der Waals surface area contributed by atoms with Gasteiger partial charge in [-0.1, -0.05) is 20.8 Å².